The minimum Gasteiger partial charge on any atom is -0.396 e. The van der Waals surface area contributed by atoms with Crippen LogP contribution in [0.2, 0.25) is 0 Å². The van der Waals surface area contributed by atoms with Crippen LogP contribution in [0, 0.1) is 11.6 Å². The number of benzene rings is 1. The van der Waals surface area contributed by atoms with Crippen LogP contribution in [0.15, 0.2) is 48.9 Å². The van der Waals surface area contributed by atoms with Crippen LogP contribution in [0.3, 0.4) is 0 Å². The zero-order chi connectivity index (χ0) is 14.8. The fourth-order valence-corrected chi connectivity index (χ4v) is 2.06. The Kier molecular flexibility index (Phi) is 3.35. The van der Waals surface area contributed by atoms with Gasteiger partial charge in [0.05, 0.1) is 18.4 Å². The summed E-state index contributed by atoms with van der Waals surface area (Å²) in [6, 6.07) is 7.46. The van der Waals surface area contributed by atoms with Gasteiger partial charge in [-0.25, -0.2) is 8.78 Å². The quantitative estimate of drug-likeness (QED) is 0.805. The molecule has 0 radical (unpaired) electrons. The summed E-state index contributed by atoms with van der Waals surface area (Å²) >= 11 is 0. The predicted molar refractivity (Wildman–Crippen MR) is 75.3 cm³/mol. The molecule has 2 heterocycles. The lowest BCUT2D eigenvalue weighted by Crippen LogP contribution is -2.00. The van der Waals surface area contributed by atoms with Crippen LogP contribution in [-0.4, -0.2) is 14.8 Å². The van der Waals surface area contributed by atoms with Gasteiger partial charge in [-0.05, 0) is 23.8 Å². The van der Waals surface area contributed by atoms with Crippen molar-refractivity contribution >= 4 is 5.69 Å². The van der Waals surface area contributed by atoms with Crippen molar-refractivity contribution in [3.63, 3.8) is 0 Å². The Hall–Kier alpha value is -2.76. The molecule has 4 nitrogen and oxygen atoms in total. The third-order valence-corrected chi connectivity index (χ3v) is 3.03. The predicted octanol–water partition coefficient (Wildman–Crippen LogP) is 2.85. The van der Waals surface area contributed by atoms with Gasteiger partial charge in [-0.1, -0.05) is 12.1 Å². The van der Waals surface area contributed by atoms with Gasteiger partial charge in [0.25, 0.3) is 0 Å². The molecule has 3 rings (SSSR count). The molecular weight excluding hydrogens is 274 g/mol. The highest BCUT2D eigenvalue weighted by Gasteiger charge is 2.10. The van der Waals surface area contributed by atoms with E-state index in [4.69, 9.17) is 5.73 Å². The van der Waals surface area contributed by atoms with E-state index in [0.717, 1.165) is 11.8 Å². The van der Waals surface area contributed by atoms with Crippen molar-refractivity contribution < 1.29 is 8.78 Å². The maximum Gasteiger partial charge on any atom is 0.142 e. The molecule has 0 aliphatic heterocycles. The third-order valence-electron chi connectivity index (χ3n) is 3.03. The van der Waals surface area contributed by atoms with Gasteiger partial charge in [0.1, 0.15) is 17.3 Å². The van der Waals surface area contributed by atoms with Crippen LogP contribution >= 0.6 is 0 Å². The summed E-state index contributed by atoms with van der Waals surface area (Å²) in [6.07, 6.45) is 4.28. The third kappa shape index (κ3) is 2.89. The first kappa shape index (κ1) is 13.2. The number of rotatable bonds is 3. The Bertz CT molecular complexity index is 766. The second-order valence-corrected chi connectivity index (χ2v) is 4.65. The fraction of sp³-hybridized carbons (Fsp3) is 0.0667. The zero-order valence-electron chi connectivity index (χ0n) is 11.0. The molecule has 0 unspecified atom stereocenters. The fourth-order valence-electron chi connectivity index (χ4n) is 2.06. The topological polar surface area (TPSA) is 56.7 Å². The number of nitrogens with zero attached hydrogens (tertiary/aromatic N) is 3. The molecule has 0 fully saturated rings. The Morgan fingerprint density at radius 1 is 1.05 bits per heavy atom. The average molecular weight is 286 g/mol. The van der Waals surface area contributed by atoms with Crippen LogP contribution < -0.4 is 5.73 Å². The maximum atomic E-state index is 13.2. The molecule has 0 aliphatic carbocycles. The summed E-state index contributed by atoms with van der Waals surface area (Å²) in [5.74, 6) is -0.731. The number of anilines is 1. The Balaban J connectivity index is 1.89. The van der Waals surface area contributed by atoms with E-state index >= 15 is 0 Å². The van der Waals surface area contributed by atoms with E-state index in [9.17, 15) is 8.78 Å². The molecule has 6 heteroatoms. The highest BCUT2D eigenvalue weighted by molar-refractivity contribution is 5.71. The van der Waals surface area contributed by atoms with E-state index in [1.807, 2.05) is 0 Å². The number of halogens is 2. The standard InChI is InChI=1S/C15H12F2N4/c16-12-3-1-10(2-4-12)8-21-9-14(18)15(20-21)11-5-13(17)7-19-6-11/h1-7,9H,8,18H2. The van der Waals surface area contributed by atoms with Crippen LogP contribution in [0.4, 0.5) is 14.5 Å². The highest BCUT2D eigenvalue weighted by Crippen LogP contribution is 2.24. The van der Waals surface area contributed by atoms with Crippen LogP contribution in [0.25, 0.3) is 11.3 Å². The van der Waals surface area contributed by atoms with Crippen LogP contribution in [0.1, 0.15) is 5.56 Å². The first-order valence-corrected chi connectivity index (χ1v) is 6.30. The van der Waals surface area contributed by atoms with E-state index in [-0.39, 0.29) is 5.82 Å². The molecule has 0 spiro atoms. The van der Waals surface area contributed by atoms with Crippen molar-refractivity contribution in [1.29, 1.82) is 0 Å². The van der Waals surface area contributed by atoms with E-state index < -0.39 is 5.82 Å². The number of hydrogen-bond donors (Lipinski definition) is 1. The molecule has 0 saturated carbocycles. The number of hydrogen-bond acceptors (Lipinski definition) is 3. The van der Waals surface area contributed by atoms with Gasteiger partial charge < -0.3 is 5.73 Å². The van der Waals surface area contributed by atoms with Crippen molar-refractivity contribution in [2.75, 3.05) is 5.73 Å². The molecule has 0 saturated heterocycles. The first-order valence-electron chi connectivity index (χ1n) is 6.30. The van der Waals surface area contributed by atoms with Gasteiger partial charge in [-0.3, -0.25) is 9.67 Å². The maximum absolute atomic E-state index is 13.2. The molecule has 106 valence electrons. The van der Waals surface area contributed by atoms with Crippen molar-refractivity contribution in [1.82, 2.24) is 14.8 Å². The van der Waals surface area contributed by atoms with E-state index in [0.29, 0.717) is 23.5 Å². The molecule has 0 aliphatic rings. The Morgan fingerprint density at radius 2 is 1.81 bits per heavy atom. The van der Waals surface area contributed by atoms with Crippen molar-refractivity contribution in [3.05, 3.63) is 66.1 Å². The molecule has 0 amide bonds. The van der Waals surface area contributed by atoms with Crippen LogP contribution in [0.5, 0.6) is 0 Å². The first-order chi connectivity index (χ1) is 10.1. The summed E-state index contributed by atoms with van der Waals surface area (Å²) in [5.41, 5.74) is 8.23. The largest absolute Gasteiger partial charge is 0.396 e. The second kappa shape index (κ2) is 5.32. The van der Waals surface area contributed by atoms with E-state index in [1.54, 1.807) is 23.0 Å². The summed E-state index contributed by atoms with van der Waals surface area (Å²) in [4.78, 5) is 3.78. The van der Waals surface area contributed by atoms with Crippen molar-refractivity contribution in [2.24, 2.45) is 0 Å². The molecule has 0 atom stereocenters. The average Bonchev–Trinajstić information content (AvgIpc) is 2.82. The van der Waals surface area contributed by atoms with Gasteiger partial charge >= 0.3 is 0 Å². The van der Waals surface area contributed by atoms with Gasteiger partial charge in [0, 0.05) is 18.0 Å². The molecular formula is C15H12F2N4. The Morgan fingerprint density at radius 3 is 2.52 bits per heavy atom. The summed E-state index contributed by atoms with van der Waals surface area (Å²) in [5, 5.41) is 4.33. The van der Waals surface area contributed by atoms with Gasteiger partial charge in [0.2, 0.25) is 0 Å². The number of aromatic nitrogens is 3. The minimum atomic E-state index is -0.444. The lowest BCUT2D eigenvalue weighted by Gasteiger charge is -2.01. The van der Waals surface area contributed by atoms with Gasteiger partial charge in [-0.2, -0.15) is 5.10 Å². The SMILES string of the molecule is Nc1cn(Cc2ccc(F)cc2)nc1-c1cncc(F)c1. The zero-order valence-corrected chi connectivity index (χ0v) is 11.0. The summed E-state index contributed by atoms with van der Waals surface area (Å²) in [6.45, 7) is 0.452. The van der Waals surface area contributed by atoms with Crippen LogP contribution in [-0.2, 0) is 6.54 Å². The van der Waals surface area contributed by atoms with Crippen molar-refractivity contribution in [2.45, 2.75) is 6.54 Å². The lowest BCUT2D eigenvalue weighted by molar-refractivity contribution is 0.621. The molecule has 1 aromatic carbocycles. The normalized spacial score (nSPS) is 10.8. The van der Waals surface area contributed by atoms with Gasteiger partial charge in [0.15, 0.2) is 0 Å². The van der Waals surface area contributed by atoms with Gasteiger partial charge in [-0.15, -0.1) is 0 Å². The Labute approximate surface area is 119 Å². The van der Waals surface area contributed by atoms with E-state index in [1.165, 1.54) is 24.4 Å². The van der Waals surface area contributed by atoms with E-state index in [2.05, 4.69) is 10.1 Å². The number of pyridine rings is 1. The molecule has 0 bridgehead atoms. The smallest absolute Gasteiger partial charge is 0.142 e. The molecule has 2 N–H and O–H groups in total. The minimum absolute atomic E-state index is 0.287. The summed E-state index contributed by atoms with van der Waals surface area (Å²) in [7, 11) is 0. The number of nitrogen functional groups attached to an aromatic ring is 1. The monoisotopic (exact) mass is 286 g/mol. The molecule has 3 aromatic rings. The summed E-state index contributed by atoms with van der Waals surface area (Å²) < 4.78 is 27.7. The van der Waals surface area contributed by atoms with Crippen molar-refractivity contribution in [3.8, 4) is 11.3 Å². The second-order valence-electron chi connectivity index (χ2n) is 4.65. The lowest BCUT2D eigenvalue weighted by atomic mass is 10.2. The molecule has 2 aromatic heterocycles. The number of nitrogens with two attached hydrogens (primary N) is 1. The molecule has 21 heavy (non-hydrogen) atoms. The highest BCUT2D eigenvalue weighted by atomic mass is 19.1.